The molecule has 1 aliphatic rings. The van der Waals surface area contributed by atoms with Gasteiger partial charge in [-0.3, -0.25) is 4.79 Å². The van der Waals surface area contributed by atoms with Crippen molar-refractivity contribution in [1.29, 1.82) is 0 Å². The molecule has 0 bridgehead atoms. The lowest BCUT2D eigenvalue weighted by Gasteiger charge is -2.32. The van der Waals surface area contributed by atoms with Gasteiger partial charge >= 0.3 is 0 Å². The van der Waals surface area contributed by atoms with Crippen molar-refractivity contribution in [3.8, 4) is 5.75 Å². The molecular weight excluding hydrogens is 357 g/mol. The monoisotopic (exact) mass is 377 g/mol. The topological polar surface area (TPSA) is 38.8 Å². The average molecular weight is 378 g/mol. The summed E-state index contributed by atoms with van der Waals surface area (Å²) in [6.45, 7) is 1.36. The zero-order valence-corrected chi connectivity index (χ0v) is 15.1. The Morgan fingerprint density at radius 1 is 1.19 bits per heavy atom. The number of carbonyl (C=O) groups excluding carboxylic acids is 1. The predicted molar refractivity (Wildman–Crippen MR) is 97.7 cm³/mol. The first-order valence-corrected chi connectivity index (χ1v) is 9.01. The lowest BCUT2D eigenvalue weighted by molar-refractivity contribution is -0.137. The van der Waals surface area contributed by atoms with E-state index in [0.717, 1.165) is 12.8 Å². The quantitative estimate of drug-likeness (QED) is 0.761. The van der Waals surface area contributed by atoms with Gasteiger partial charge in [0.05, 0.1) is 12.7 Å². The van der Waals surface area contributed by atoms with Crippen LogP contribution in [0, 0.1) is 5.82 Å². The fraction of sp³-hybridized carbons (Fsp3) is 0.350. The fourth-order valence-electron chi connectivity index (χ4n) is 2.89. The van der Waals surface area contributed by atoms with E-state index >= 15 is 0 Å². The number of piperidine rings is 1. The largest absolute Gasteiger partial charge is 0.484 e. The molecule has 1 heterocycles. The van der Waals surface area contributed by atoms with E-state index in [0.29, 0.717) is 29.4 Å². The maximum Gasteiger partial charge on any atom is 0.260 e. The normalized spacial score (nSPS) is 17.2. The summed E-state index contributed by atoms with van der Waals surface area (Å²) in [5.74, 6) is 0.249. The number of hydrogen-bond acceptors (Lipinski definition) is 3. The molecule has 1 fully saturated rings. The van der Waals surface area contributed by atoms with Gasteiger partial charge < -0.3 is 14.4 Å². The highest BCUT2D eigenvalue weighted by molar-refractivity contribution is 6.30. The van der Waals surface area contributed by atoms with Crippen LogP contribution in [-0.2, 0) is 16.1 Å². The van der Waals surface area contributed by atoms with Crippen LogP contribution in [0.25, 0.3) is 0 Å². The Labute approximate surface area is 157 Å². The fourth-order valence-corrected chi connectivity index (χ4v) is 3.02. The van der Waals surface area contributed by atoms with E-state index in [9.17, 15) is 9.18 Å². The molecule has 138 valence electrons. The van der Waals surface area contributed by atoms with E-state index < -0.39 is 0 Å². The van der Waals surface area contributed by atoms with Crippen LogP contribution in [0.3, 0.4) is 0 Å². The van der Waals surface area contributed by atoms with E-state index in [1.54, 1.807) is 47.4 Å². The molecule has 6 heteroatoms. The van der Waals surface area contributed by atoms with Crippen molar-refractivity contribution in [3.05, 3.63) is 64.9 Å². The van der Waals surface area contributed by atoms with Crippen LogP contribution in [0.2, 0.25) is 5.02 Å². The minimum atomic E-state index is -0.271. The summed E-state index contributed by atoms with van der Waals surface area (Å²) in [6.07, 6.45) is 1.62. The molecule has 0 aromatic heterocycles. The molecular formula is C20H21ClFNO3. The molecule has 1 aliphatic heterocycles. The first-order valence-electron chi connectivity index (χ1n) is 8.63. The molecule has 1 unspecified atom stereocenters. The van der Waals surface area contributed by atoms with Crippen molar-refractivity contribution in [2.24, 2.45) is 0 Å². The molecule has 4 nitrogen and oxygen atoms in total. The number of nitrogens with zero attached hydrogens (tertiary/aromatic N) is 1. The summed E-state index contributed by atoms with van der Waals surface area (Å²) in [7, 11) is 0. The highest BCUT2D eigenvalue weighted by atomic mass is 35.5. The highest BCUT2D eigenvalue weighted by Crippen LogP contribution is 2.18. The van der Waals surface area contributed by atoms with Crippen molar-refractivity contribution >= 4 is 17.5 Å². The van der Waals surface area contributed by atoms with E-state index in [2.05, 4.69) is 0 Å². The van der Waals surface area contributed by atoms with Gasteiger partial charge in [0.2, 0.25) is 0 Å². The Bertz CT molecular complexity index is 738. The molecule has 3 rings (SSSR count). The Morgan fingerprint density at radius 2 is 1.96 bits per heavy atom. The number of carbonyl (C=O) groups is 1. The minimum Gasteiger partial charge on any atom is -0.484 e. The summed E-state index contributed by atoms with van der Waals surface area (Å²) < 4.78 is 25.0. The molecule has 1 amide bonds. The SMILES string of the molecule is O=C(COc1ccc(Cl)cc1)N1CCCC(OCc2ccccc2F)C1. The Morgan fingerprint density at radius 3 is 2.73 bits per heavy atom. The van der Waals surface area contributed by atoms with Gasteiger partial charge in [0.1, 0.15) is 11.6 Å². The van der Waals surface area contributed by atoms with Crippen LogP contribution in [0.15, 0.2) is 48.5 Å². The van der Waals surface area contributed by atoms with E-state index in [1.165, 1.54) is 6.07 Å². The van der Waals surface area contributed by atoms with Gasteiger partial charge in [-0.25, -0.2) is 4.39 Å². The van der Waals surface area contributed by atoms with Crippen molar-refractivity contribution in [3.63, 3.8) is 0 Å². The number of halogens is 2. The van der Waals surface area contributed by atoms with E-state index in [1.807, 2.05) is 0 Å². The number of hydrogen-bond donors (Lipinski definition) is 0. The smallest absolute Gasteiger partial charge is 0.260 e. The molecule has 2 aromatic rings. The zero-order chi connectivity index (χ0) is 18.4. The van der Waals surface area contributed by atoms with Crippen LogP contribution in [0.1, 0.15) is 18.4 Å². The van der Waals surface area contributed by atoms with Crippen LogP contribution in [0.5, 0.6) is 5.75 Å². The van der Waals surface area contributed by atoms with Crippen LogP contribution in [-0.4, -0.2) is 36.6 Å². The summed E-state index contributed by atoms with van der Waals surface area (Å²) in [6, 6.07) is 13.5. The van der Waals surface area contributed by atoms with Gasteiger partial charge in [-0.15, -0.1) is 0 Å². The molecule has 0 radical (unpaired) electrons. The number of likely N-dealkylation sites (tertiary alicyclic amines) is 1. The van der Waals surface area contributed by atoms with E-state index in [4.69, 9.17) is 21.1 Å². The second kappa shape index (κ2) is 9.01. The van der Waals surface area contributed by atoms with Crippen molar-refractivity contribution in [1.82, 2.24) is 4.90 Å². The maximum absolute atomic E-state index is 13.7. The molecule has 0 spiro atoms. The Hall–Kier alpha value is -2.11. The third kappa shape index (κ3) is 5.19. The highest BCUT2D eigenvalue weighted by Gasteiger charge is 2.24. The second-order valence-electron chi connectivity index (χ2n) is 6.25. The Balaban J connectivity index is 1.47. The molecule has 2 aromatic carbocycles. The van der Waals surface area contributed by atoms with Crippen molar-refractivity contribution < 1.29 is 18.7 Å². The second-order valence-corrected chi connectivity index (χ2v) is 6.69. The first kappa shape index (κ1) is 18.7. The van der Waals surface area contributed by atoms with Gasteiger partial charge in [0, 0.05) is 23.7 Å². The number of amides is 1. The van der Waals surface area contributed by atoms with Crippen molar-refractivity contribution in [2.45, 2.75) is 25.6 Å². The maximum atomic E-state index is 13.7. The Kier molecular flexibility index (Phi) is 6.47. The molecule has 26 heavy (non-hydrogen) atoms. The van der Waals surface area contributed by atoms with Crippen LogP contribution >= 0.6 is 11.6 Å². The summed E-state index contributed by atoms with van der Waals surface area (Å²) in [4.78, 5) is 14.1. The third-order valence-corrected chi connectivity index (χ3v) is 4.59. The molecule has 1 atom stereocenters. The van der Waals surface area contributed by atoms with Gasteiger partial charge in [0.15, 0.2) is 6.61 Å². The standard InChI is InChI=1S/C20H21ClFNO3/c21-16-7-9-17(10-8-16)26-14-20(24)23-11-3-5-18(12-23)25-13-15-4-1-2-6-19(15)22/h1-2,4,6-10,18H,3,5,11-14H2. The zero-order valence-electron chi connectivity index (χ0n) is 14.4. The molecule has 0 saturated carbocycles. The predicted octanol–water partition coefficient (Wildman–Crippen LogP) is 4.07. The lowest BCUT2D eigenvalue weighted by atomic mass is 10.1. The summed E-state index contributed by atoms with van der Waals surface area (Å²) >= 11 is 5.83. The third-order valence-electron chi connectivity index (χ3n) is 4.34. The lowest BCUT2D eigenvalue weighted by Crippen LogP contribution is -2.45. The van der Waals surface area contributed by atoms with Gasteiger partial charge in [-0.05, 0) is 43.2 Å². The minimum absolute atomic E-state index is 0.0261. The number of ether oxygens (including phenoxy) is 2. The molecule has 0 aliphatic carbocycles. The molecule has 1 saturated heterocycles. The average Bonchev–Trinajstić information content (AvgIpc) is 2.67. The number of rotatable bonds is 6. The van der Waals surface area contributed by atoms with Gasteiger partial charge in [-0.2, -0.15) is 0 Å². The van der Waals surface area contributed by atoms with E-state index in [-0.39, 0.29) is 31.0 Å². The summed E-state index contributed by atoms with van der Waals surface area (Å²) in [5.41, 5.74) is 0.530. The van der Waals surface area contributed by atoms with Crippen molar-refractivity contribution in [2.75, 3.05) is 19.7 Å². The summed E-state index contributed by atoms with van der Waals surface area (Å²) in [5, 5.41) is 0.620. The van der Waals surface area contributed by atoms with Crippen LogP contribution in [0.4, 0.5) is 4.39 Å². The number of benzene rings is 2. The van der Waals surface area contributed by atoms with Gasteiger partial charge in [-0.1, -0.05) is 29.8 Å². The molecule has 0 N–H and O–H groups in total. The first-order chi connectivity index (χ1) is 12.6. The van der Waals surface area contributed by atoms with Gasteiger partial charge in [0.25, 0.3) is 5.91 Å². The van der Waals surface area contributed by atoms with Crippen LogP contribution < -0.4 is 4.74 Å².